The largest absolute Gasteiger partial charge is 0.491 e. The SMILES string of the molecule is CCOC(=O)N1CC[NH+](C[C@@H](O)COCCOc2ccc(Cl)cc2)CC1. The number of rotatable bonds is 9. The van der Waals surface area contributed by atoms with Crippen LogP contribution < -0.4 is 9.64 Å². The van der Waals surface area contributed by atoms with E-state index < -0.39 is 6.10 Å². The number of quaternary nitrogens is 1. The first-order chi connectivity index (χ1) is 12.6. The Labute approximate surface area is 159 Å². The van der Waals surface area contributed by atoms with Gasteiger partial charge < -0.3 is 24.2 Å². The number of piperazine rings is 1. The molecule has 0 unspecified atom stereocenters. The first kappa shape index (κ1) is 20.8. The standard InChI is InChI=1S/C18H27ClN2O5/c1-2-25-18(23)21-9-7-20(8-10-21)13-16(22)14-24-11-12-26-17-5-3-15(19)4-6-17/h3-6,16,22H,2,7-14H2,1H3/p+1/t16-/m1/s1. The monoisotopic (exact) mass is 387 g/mol. The molecule has 8 heteroatoms. The Balaban J connectivity index is 1.53. The van der Waals surface area contributed by atoms with Crippen molar-refractivity contribution in [3.63, 3.8) is 0 Å². The van der Waals surface area contributed by atoms with Crippen LogP contribution in [0.25, 0.3) is 0 Å². The van der Waals surface area contributed by atoms with Gasteiger partial charge in [-0.3, -0.25) is 4.90 Å². The second-order valence-electron chi connectivity index (χ2n) is 6.17. The van der Waals surface area contributed by atoms with Crippen molar-refractivity contribution in [2.45, 2.75) is 13.0 Å². The molecule has 0 aliphatic carbocycles. The van der Waals surface area contributed by atoms with Crippen LogP contribution in [0.1, 0.15) is 6.92 Å². The van der Waals surface area contributed by atoms with Crippen LogP contribution in [0.3, 0.4) is 0 Å². The van der Waals surface area contributed by atoms with E-state index in [1.165, 1.54) is 4.90 Å². The van der Waals surface area contributed by atoms with E-state index >= 15 is 0 Å². The number of carbonyl (C=O) groups is 1. The van der Waals surface area contributed by atoms with Gasteiger partial charge >= 0.3 is 6.09 Å². The number of amides is 1. The lowest BCUT2D eigenvalue weighted by molar-refractivity contribution is -0.907. The summed E-state index contributed by atoms with van der Waals surface area (Å²) in [5.74, 6) is 0.738. The van der Waals surface area contributed by atoms with Gasteiger partial charge in [0.25, 0.3) is 0 Å². The fourth-order valence-corrected chi connectivity index (χ4v) is 2.91. The Hall–Kier alpha value is -1.54. The van der Waals surface area contributed by atoms with E-state index in [0.29, 0.717) is 44.5 Å². The van der Waals surface area contributed by atoms with Crippen LogP contribution in [0.5, 0.6) is 5.75 Å². The summed E-state index contributed by atoms with van der Waals surface area (Å²) in [6.07, 6.45) is -0.786. The Bertz CT molecular complexity index is 535. The minimum Gasteiger partial charge on any atom is -0.491 e. The molecule has 0 saturated carbocycles. The second kappa shape index (κ2) is 11.2. The van der Waals surface area contributed by atoms with Crippen molar-refractivity contribution in [1.29, 1.82) is 0 Å². The fraction of sp³-hybridized carbons (Fsp3) is 0.611. The number of aliphatic hydroxyl groups is 1. The first-order valence-corrected chi connectivity index (χ1v) is 9.35. The van der Waals surface area contributed by atoms with E-state index in [2.05, 4.69) is 0 Å². The van der Waals surface area contributed by atoms with Crippen molar-refractivity contribution < 1.29 is 29.0 Å². The van der Waals surface area contributed by atoms with Crippen molar-refractivity contribution in [2.75, 3.05) is 59.2 Å². The molecule has 0 radical (unpaired) electrons. The summed E-state index contributed by atoms with van der Waals surface area (Å²) in [7, 11) is 0. The molecule has 1 saturated heterocycles. The van der Waals surface area contributed by atoms with E-state index in [9.17, 15) is 9.90 Å². The van der Waals surface area contributed by atoms with Crippen molar-refractivity contribution in [1.82, 2.24) is 4.90 Å². The molecule has 1 atom stereocenters. The molecule has 1 aliphatic heterocycles. The lowest BCUT2D eigenvalue weighted by atomic mass is 10.3. The number of aliphatic hydroxyl groups excluding tert-OH is 1. The summed E-state index contributed by atoms with van der Waals surface area (Å²) in [5, 5.41) is 10.8. The molecule has 1 fully saturated rings. The van der Waals surface area contributed by atoms with Crippen LogP contribution in [0.4, 0.5) is 4.79 Å². The smallest absolute Gasteiger partial charge is 0.410 e. The number of nitrogens with one attached hydrogen (secondary N) is 1. The predicted octanol–water partition coefficient (Wildman–Crippen LogP) is 0.453. The number of ether oxygens (including phenoxy) is 3. The molecule has 0 spiro atoms. The number of halogens is 1. The Morgan fingerprint density at radius 3 is 2.62 bits per heavy atom. The van der Waals surface area contributed by atoms with Crippen LogP contribution in [-0.4, -0.2) is 81.4 Å². The van der Waals surface area contributed by atoms with Gasteiger partial charge in [0.05, 0.1) is 46.0 Å². The second-order valence-corrected chi connectivity index (χ2v) is 6.61. The molecule has 26 heavy (non-hydrogen) atoms. The average molecular weight is 388 g/mol. The minimum atomic E-state index is -0.533. The molecular weight excluding hydrogens is 360 g/mol. The summed E-state index contributed by atoms with van der Waals surface area (Å²) in [5.41, 5.74) is 0. The van der Waals surface area contributed by atoms with Gasteiger partial charge in [0.2, 0.25) is 0 Å². The van der Waals surface area contributed by atoms with Crippen molar-refractivity contribution in [3.8, 4) is 5.75 Å². The van der Waals surface area contributed by atoms with E-state index in [1.54, 1.807) is 36.1 Å². The van der Waals surface area contributed by atoms with Gasteiger partial charge in [-0.15, -0.1) is 0 Å². The van der Waals surface area contributed by atoms with E-state index in [-0.39, 0.29) is 12.7 Å². The normalized spacial score (nSPS) is 16.3. The zero-order valence-corrected chi connectivity index (χ0v) is 15.9. The Kier molecular flexibility index (Phi) is 8.97. The molecule has 0 bridgehead atoms. The molecule has 1 aromatic carbocycles. The van der Waals surface area contributed by atoms with Crippen LogP contribution in [0.15, 0.2) is 24.3 Å². The highest BCUT2D eigenvalue weighted by Gasteiger charge is 2.25. The summed E-state index contributed by atoms with van der Waals surface area (Å²) >= 11 is 5.81. The van der Waals surface area contributed by atoms with Crippen molar-refractivity contribution in [2.24, 2.45) is 0 Å². The fourth-order valence-electron chi connectivity index (χ4n) is 2.79. The van der Waals surface area contributed by atoms with Crippen LogP contribution in [0, 0.1) is 0 Å². The Morgan fingerprint density at radius 1 is 1.27 bits per heavy atom. The van der Waals surface area contributed by atoms with Gasteiger partial charge in [0.15, 0.2) is 0 Å². The van der Waals surface area contributed by atoms with Crippen LogP contribution >= 0.6 is 11.6 Å². The number of hydrogen-bond donors (Lipinski definition) is 2. The highest BCUT2D eigenvalue weighted by atomic mass is 35.5. The molecule has 146 valence electrons. The first-order valence-electron chi connectivity index (χ1n) is 8.98. The van der Waals surface area contributed by atoms with Gasteiger partial charge in [0, 0.05) is 5.02 Å². The number of benzene rings is 1. The van der Waals surface area contributed by atoms with Gasteiger partial charge in [-0.05, 0) is 31.2 Å². The maximum atomic E-state index is 11.7. The van der Waals surface area contributed by atoms with Crippen LogP contribution in [0.2, 0.25) is 5.02 Å². The van der Waals surface area contributed by atoms with Gasteiger partial charge in [0.1, 0.15) is 25.0 Å². The summed E-state index contributed by atoms with van der Waals surface area (Å²) in [6, 6.07) is 7.14. The average Bonchev–Trinajstić information content (AvgIpc) is 2.64. The molecular formula is C18H28ClN2O5+. The number of nitrogens with zero attached hydrogens (tertiary/aromatic N) is 1. The highest BCUT2D eigenvalue weighted by Crippen LogP contribution is 2.15. The van der Waals surface area contributed by atoms with Gasteiger partial charge in [-0.2, -0.15) is 0 Å². The maximum absolute atomic E-state index is 11.7. The van der Waals surface area contributed by atoms with Crippen LogP contribution in [-0.2, 0) is 9.47 Å². The maximum Gasteiger partial charge on any atom is 0.410 e. The third-order valence-electron chi connectivity index (χ3n) is 4.14. The van der Waals surface area contributed by atoms with E-state index in [1.807, 2.05) is 0 Å². The molecule has 1 heterocycles. The number of hydrogen-bond acceptors (Lipinski definition) is 5. The molecule has 0 aromatic heterocycles. The topological polar surface area (TPSA) is 72.7 Å². The molecule has 2 N–H and O–H groups in total. The van der Waals surface area contributed by atoms with Gasteiger partial charge in [-0.25, -0.2) is 4.79 Å². The Morgan fingerprint density at radius 2 is 1.96 bits per heavy atom. The third-order valence-corrected chi connectivity index (χ3v) is 4.39. The number of carbonyl (C=O) groups excluding carboxylic acids is 1. The summed E-state index contributed by atoms with van der Waals surface area (Å²) < 4.78 is 16.0. The predicted molar refractivity (Wildman–Crippen MR) is 97.9 cm³/mol. The zero-order valence-electron chi connectivity index (χ0n) is 15.2. The highest BCUT2D eigenvalue weighted by molar-refractivity contribution is 6.30. The quantitative estimate of drug-likeness (QED) is 0.602. The summed E-state index contributed by atoms with van der Waals surface area (Å²) in [6.45, 7) is 6.80. The summed E-state index contributed by atoms with van der Waals surface area (Å²) in [4.78, 5) is 14.6. The van der Waals surface area contributed by atoms with Gasteiger partial charge in [-0.1, -0.05) is 11.6 Å². The molecule has 1 aromatic rings. The minimum absolute atomic E-state index is 0.254. The molecule has 1 amide bonds. The third kappa shape index (κ3) is 7.37. The molecule has 1 aliphatic rings. The van der Waals surface area contributed by atoms with Crippen molar-refractivity contribution in [3.05, 3.63) is 29.3 Å². The molecule has 7 nitrogen and oxygen atoms in total. The van der Waals surface area contributed by atoms with E-state index in [4.69, 9.17) is 25.8 Å². The van der Waals surface area contributed by atoms with E-state index in [0.717, 1.165) is 18.8 Å². The lowest BCUT2D eigenvalue weighted by Gasteiger charge is -2.32. The lowest BCUT2D eigenvalue weighted by Crippen LogP contribution is -3.15. The molecule has 2 rings (SSSR count). The zero-order chi connectivity index (χ0) is 18.8. The van der Waals surface area contributed by atoms with Crippen molar-refractivity contribution >= 4 is 17.7 Å².